The Bertz CT molecular complexity index is 1160. The van der Waals surface area contributed by atoms with Crippen molar-refractivity contribution in [1.29, 1.82) is 0 Å². The van der Waals surface area contributed by atoms with E-state index in [1.807, 2.05) is 29.2 Å². The monoisotopic (exact) mass is 430 g/mol. The number of fused-ring (bicyclic) bond motifs is 2. The predicted octanol–water partition coefficient (Wildman–Crippen LogP) is 3.44. The number of sulfonamides is 1. The molecule has 0 N–H and O–H groups in total. The van der Waals surface area contributed by atoms with E-state index in [1.54, 1.807) is 12.1 Å². The van der Waals surface area contributed by atoms with E-state index in [9.17, 15) is 8.42 Å². The van der Waals surface area contributed by atoms with Crippen molar-refractivity contribution in [2.45, 2.75) is 23.8 Å². The van der Waals surface area contributed by atoms with Crippen molar-refractivity contribution in [3.8, 4) is 0 Å². The van der Waals surface area contributed by atoms with Gasteiger partial charge in [0.15, 0.2) is 11.6 Å². The number of halogens is 1. The summed E-state index contributed by atoms with van der Waals surface area (Å²) in [6.07, 6.45) is 2.03. The van der Waals surface area contributed by atoms with Gasteiger partial charge in [0.1, 0.15) is 6.67 Å². The van der Waals surface area contributed by atoms with Crippen LogP contribution in [0.4, 0.5) is 11.6 Å². The maximum atomic E-state index is 13.4. The molecule has 2 aliphatic heterocycles. The molecule has 29 heavy (non-hydrogen) atoms. The molecule has 2 aromatic carbocycles. The van der Waals surface area contributed by atoms with Gasteiger partial charge in [0.2, 0.25) is 0 Å². The standard InChI is InChI=1S/C20H19ClN4O3S/c21-14-7-9-16(10-8-14)29(26,27)25-13-24(12-15-4-3-11-28-15)19-20(25)23-18-6-2-1-5-17(18)22-19/h1-2,5-10,15H,3-4,11-13H2/t15-/m0/s1. The summed E-state index contributed by atoms with van der Waals surface area (Å²) >= 11 is 5.93. The van der Waals surface area contributed by atoms with E-state index in [-0.39, 0.29) is 17.7 Å². The fourth-order valence-corrected chi connectivity index (χ4v) is 5.25. The second kappa shape index (κ2) is 7.12. The van der Waals surface area contributed by atoms with Crippen LogP contribution in [0.1, 0.15) is 12.8 Å². The van der Waals surface area contributed by atoms with Crippen molar-refractivity contribution in [1.82, 2.24) is 9.97 Å². The van der Waals surface area contributed by atoms with E-state index in [0.717, 1.165) is 25.0 Å². The summed E-state index contributed by atoms with van der Waals surface area (Å²) in [7, 11) is -3.81. The number of aromatic nitrogens is 2. The molecular weight excluding hydrogens is 412 g/mol. The minimum absolute atomic E-state index is 0.0642. The Hall–Kier alpha value is -2.42. The van der Waals surface area contributed by atoms with Crippen molar-refractivity contribution in [3.63, 3.8) is 0 Å². The Labute approximate surface area is 173 Å². The normalized spacial score (nSPS) is 19.1. The Balaban J connectivity index is 1.60. The van der Waals surface area contributed by atoms with E-state index < -0.39 is 10.0 Å². The number of para-hydroxylation sites is 2. The third-order valence-electron chi connectivity index (χ3n) is 5.22. The minimum Gasteiger partial charge on any atom is -0.376 e. The van der Waals surface area contributed by atoms with Gasteiger partial charge in [-0.15, -0.1) is 0 Å². The molecule has 0 unspecified atom stereocenters. The minimum atomic E-state index is -3.81. The van der Waals surface area contributed by atoms with Gasteiger partial charge in [0.05, 0.1) is 22.0 Å². The number of anilines is 2. The largest absolute Gasteiger partial charge is 0.376 e. The van der Waals surface area contributed by atoms with Crippen LogP contribution in [0.3, 0.4) is 0 Å². The number of nitrogens with zero attached hydrogens (tertiary/aromatic N) is 4. The average molecular weight is 431 g/mol. The molecule has 1 fully saturated rings. The fourth-order valence-electron chi connectivity index (χ4n) is 3.75. The van der Waals surface area contributed by atoms with Crippen LogP contribution in [0.5, 0.6) is 0 Å². The summed E-state index contributed by atoms with van der Waals surface area (Å²) in [6.45, 7) is 1.46. The summed E-state index contributed by atoms with van der Waals surface area (Å²) in [6, 6.07) is 13.6. The van der Waals surface area contributed by atoms with Gasteiger partial charge in [-0.25, -0.2) is 22.7 Å². The topological polar surface area (TPSA) is 75.6 Å². The molecule has 3 heterocycles. The number of rotatable bonds is 4. The molecule has 5 rings (SSSR count). The first-order valence-electron chi connectivity index (χ1n) is 9.44. The molecule has 2 aliphatic rings. The molecule has 0 amide bonds. The Morgan fingerprint density at radius 2 is 1.72 bits per heavy atom. The molecular formula is C20H19ClN4O3S. The van der Waals surface area contributed by atoms with Gasteiger partial charge in [-0.3, -0.25) is 0 Å². The zero-order valence-electron chi connectivity index (χ0n) is 15.5. The quantitative estimate of drug-likeness (QED) is 0.631. The van der Waals surface area contributed by atoms with Crippen molar-refractivity contribution in [3.05, 3.63) is 53.6 Å². The third-order valence-corrected chi connectivity index (χ3v) is 7.21. The first-order chi connectivity index (χ1) is 14.0. The predicted molar refractivity (Wildman–Crippen MR) is 112 cm³/mol. The van der Waals surface area contributed by atoms with Crippen molar-refractivity contribution >= 4 is 44.3 Å². The SMILES string of the molecule is O=S(=O)(c1ccc(Cl)cc1)N1CN(C[C@@H]2CCCO2)c2nc3ccccc3nc21. The van der Waals surface area contributed by atoms with E-state index in [1.165, 1.54) is 16.4 Å². The first kappa shape index (κ1) is 18.6. The Morgan fingerprint density at radius 3 is 2.38 bits per heavy atom. The maximum Gasteiger partial charge on any atom is 0.267 e. The summed E-state index contributed by atoms with van der Waals surface area (Å²) in [4.78, 5) is 11.5. The second-order valence-electron chi connectivity index (χ2n) is 7.17. The molecule has 0 radical (unpaired) electrons. The van der Waals surface area contributed by atoms with Crippen LogP contribution in [0.25, 0.3) is 11.0 Å². The lowest BCUT2D eigenvalue weighted by Gasteiger charge is -2.23. The lowest BCUT2D eigenvalue weighted by molar-refractivity contribution is 0.116. The Kier molecular flexibility index (Phi) is 4.57. The van der Waals surface area contributed by atoms with Gasteiger partial charge in [-0.2, -0.15) is 0 Å². The van der Waals surface area contributed by atoms with Crippen LogP contribution in [0.15, 0.2) is 53.4 Å². The van der Waals surface area contributed by atoms with Gasteiger partial charge in [-0.1, -0.05) is 23.7 Å². The van der Waals surface area contributed by atoms with E-state index in [0.29, 0.717) is 28.7 Å². The van der Waals surface area contributed by atoms with E-state index in [2.05, 4.69) is 4.98 Å². The number of hydrogen-bond donors (Lipinski definition) is 0. The molecule has 9 heteroatoms. The molecule has 150 valence electrons. The highest BCUT2D eigenvalue weighted by atomic mass is 35.5. The summed E-state index contributed by atoms with van der Waals surface area (Å²) in [5.41, 5.74) is 1.39. The molecule has 0 saturated carbocycles. The van der Waals surface area contributed by atoms with Crippen molar-refractivity contribution < 1.29 is 13.2 Å². The van der Waals surface area contributed by atoms with E-state index in [4.69, 9.17) is 21.3 Å². The molecule has 1 aromatic heterocycles. The molecule has 1 atom stereocenters. The Morgan fingerprint density at radius 1 is 1.03 bits per heavy atom. The van der Waals surface area contributed by atoms with Crippen LogP contribution in [0.2, 0.25) is 5.02 Å². The lowest BCUT2D eigenvalue weighted by atomic mass is 10.2. The van der Waals surface area contributed by atoms with Gasteiger partial charge >= 0.3 is 0 Å². The molecule has 3 aromatic rings. The smallest absolute Gasteiger partial charge is 0.267 e. The van der Waals surface area contributed by atoms with Gasteiger partial charge in [-0.05, 0) is 49.2 Å². The molecule has 0 aliphatic carbocycles. The molecule has 1 saturated heterocycles. The molecule has 7 nitrogen and oxygen atoms in total. The van der Waals surface area contributed by atoms with Crippen LogP contribution in [-0.2, 0) is 14.8 Å². The highest BCUT2D eigenvalue weighted by molar-refractivity contribution is 7.92. The van der Waals surface area contributed by atoms with Gasteiger partial charge in [0, 0.05) is 18.2 Å². The maximum absolute atomic E-state index is 13.4. The highest BCUT2D eigenvalue weighted by Crippen LogP contribution is 2.38. The summed E-state index contributed by atoms with van der Waals surface area (Å²) in [5, 5.41) is 0.483. The summed E-state index contributed by atoms with van der Waals surface area (Å²) < 4.78 is 33.9. The van der Waals surface area contributed by atoms with Gasteiger partial charge < -0.3 is 9.64 Å². The van der Waals surface area contributed by atoms with Crippen molar-refractivity contribution in [2.24, 2.45) is 0 Å². The zero-order valence-corrected chi connectivity index (χ0v) is 17.1. The van der Waals surface area contributed by atoms with Crippen molar-refractivity contribution in [2.75, 3.05) is 29.0 Å². The number of hydrogen-bond acceptors (Lipinski definition) is 6. The first-order valence-corrected chi connectivity index (χ1v) is 11.3. The van der Waals surface area contributed by atoms with Crippen LogP contribution >= 0.6 is 11.6 Å². The molecule has 0 bridgehead atoms. The molecule has 0 spiro atoms. The number of benzene rings is 2. The number of ether oxygens (including phenoxy) is 1. The van der Waals surface area contributed by atoms with Crippen LogP contribution in [0, 0.1) is 0 Å². The fraction of sp³-hybridized carbons (Fsp3) is 0.300. The van der Waals surface area contributed by atoms with Gasteiger partial charge in [0.25, 0.3) is 10.0 Å². The second-order valence-corrected chi connectivity index (χ2v) is 9.46. The summed E-state index contributed by atoms with van der Waals surface area (Å²) in [5.74, 6) is 0.911. The van der Waals surface area contributed by atoms with E-state index >= 15 is 0 Å². The lowest BCUT2D eigenvalue weighted by Crippen LogP contribution is -2.39. The van der Waals surface area contributed by atoms with Crippen LogP contribution < -0.4 is 9.21 Å². The third kappa shape index (κ3) is 3.31. The highest BCUT2D eigenvalue weighted by Gasteiger charge is 2.39. The van der Waals surface area contributed by atoms with Crippen LogP contribution in [-0.4, -0.2) is 44.3 Å². The zero-order chi connectivity index (χ0) is 20.0. The average Bonchev–Trinajstić information content (AvgIpc) is 3.35.